The van der Waals surface area contributed by atoms with Gasteiger partial charge >= 0.3 is 0 Å². The van der Waals surface area contributed by atoms with Crippen LogP contribution in [-0.4, -0.2) is 64.7 Å². The first kappa shape index (κ1) is 20.1. The topological polar surface area (TPSA) is 79.7 Å². The van der Waals surface area contributed by atoms with Crippen LogP contribution in [0.5, 0.6) is 0 Å². The number of nitrogens with one attached hydrogen (secondary N) is 1. The van der Waals surface area contributed by atoms with Gasteiger partial charge in [-0.3, -0.25) is 9.59 Å². The number of ether oxygens (including phenoxy) is 1. The maximum absolute atomic E-state index is 13.1. The molecule has 3 aliphatic heterocycles. The quantitative estimate of drug-likeness (QED) is 0.812. The van der Waals surface area contributed by atoms with Gasteiger partial charge in [-0.05, 0) is 57.4 Å². The molecule has 5 rings (SSSR count). The monoisotopic (exact) mass is 423 g/mol. The van der Waals surface area contributed by atoms with Crippen molar-refractivity contribution in [3.8, 4) is 5.82 Å². The molecular formula is C23H29N5O3. The smallest absolute Gasteiger partial charge is 0.251 e. The fourth-order valence-corrected chi connectivity index (χ4v) is 5.23. The number of fused-ring (bicyclic) bond motifs is 4. The van der Waals surface area contributed by atoms with Gasteiger partial charge in [-0.25, -0.2) is 4.98 Å². The number of carbonyl (C=O) groups is 2. The Morgan fingerprint density at radius 2 is 2.19 bits per heavy atom. The van der Waals surface area contributed by atoms with E-state index in [-0.39, 0.29) is 30.5 Å². The number of carbonyl (C=O) groups excluding carboxylic acids is 2. The first-order chi connectivity index (χ1) is 15.0. The zero-order valence-electron chi connectivity index (χ0n) is 18.1. The van der Waals surface area contributed by atoms with Crippen LogP contribution < -0.4 is 10.2 Å². The summed E-state index contributed by atoms with van der Waals surface area (Å²) in [6, 6.07) is 8.08. The SMILES string of the molecule is CC(C)NC(=O)CN1c2cccnc2-n2cccc2C12CCN(C(=O)[C@H]1CCCO1)C2. The molecule has 0 aliphatic carbocycles. The van der Waals surface area contributed by atoms with Gasteiger partial charge in [0.05, 0.1) is 17.9 Å². The Bertz CT molecular complexity index is 997. The predicted molar refractivity (Wildman–Crippen MR) is 116 cm³/mol. The van der Waals surface area contributed by atoms with Gasteiger partial charge in [-0.15, -0.1) is 0 Å². The van der Waals surface area contributed by atoms with Crippen molar-refractivity contribution in [2.24, 2.45) is 0 Å². The summed E-state index contributed by atoms with van der Waals surface area (Å²) >= 11 is 0. The van der Waals surface area contributed by atoms with Gasteiger partial charge in [0, 0.05) is 38.1 Å². The zero-order valence-corrected chi connectivity index (χ0v) is 18.1. The van der Waals surface area contributed by atoms with Gasteiger partial charge < -0.3 is 24.4 Å². The predicted octanol–water partition coefficient (Wildman–Crippen LogP) is 1.82. The maximum atomic E-state index is 13.1. The number of pyridine rings is 1. The van der Waals surface area contributed by atoms with Gasteiger partial charge in [-0.1, -0.05) is 0 Å². The van der Waals surface area contributed by atoms with Crippen molar-refractivity contribution in [1.82, 2.24) is 19.8 Å². The maximum Gasteiger partial charge on any atom is 0.251 e. The second-order valence-electron chi connectivity index (χ2n) is 8.96. The minimum atomic E-state index is -0.484. The molecule has 0 radical (unpaired) electrons. The van der Waals surface area contributed by atoms with Gasteiger partial charge in [0.1, 0.15) is 11.6 Å². The molecule has 2 amide bonds. The molecule has 31 heavy (non-hydrogen) atoms. The lowest BCUT2D eigenvalue weighted by Crippen LogP contribution is -2.56. The highest BCUT2D eigenvalue weighted by Gasteiger charge is 2.52. The average Bonchev–Trinajstić information content (AvgIpc) is 3.51. The van der Waals surface area contributed by atoms with Crippen molar-refractivity contribution < 1.29 is 14.3 Å². The fraction of sp³-hybridized carbons (Fsp3) is 0.522. The summed E-state index contributed by atoms with van der Waals surface area (Å²) < 4.78 is 7.77. The van der Waals surface area contributed by atoms with Crippen LogP contribution in [0.2, 0.25) is 0 Å². The summed E-state index contributed by atoms with van der Waals surface area (Å²) in [6.07, 6.45) is 5.91. The van der Waals surface area contributed by atoms with Crippen molar-refractivity contribution in [3.63, 3.8) is 0 Å². The number of nitrogens with zero attached hydrogens (tertiary/aromatic N) is 4. The molecule has 2 fully saturated rings. The Labute approximate surface area is 182 Å². The highest BCUT2D eigenvalue weighted by atomic mass is 16.5. The van der Waals surface area contributed by atoms with E-state index in [9.17, 15) is 9.59 Å². The molecular weight excluding hydrogens is 394 g/mol. The molecule has 2 saturated heterocycles. The lowest BCUT2D eigenvalue weighted by atomic mass is 9.88. The normalized spacial score (nSPS) is 24.5. The number of aromatic nitrogens is 2. The summed E-state index contributed by atoms with van der Waals surface area (Å²) in [4.78, 5) is 34.7. The van der Waals surface area contributed by atoms with E-state index in [0.717, 1.165) is 36.5 Å². The van der Waals surface area contributed by atoms with E-state index < -0.39 is 5.54 Å². The van der Waals surface area contributed by atoms with Crippen LogP contribution in [0.15, 0.2) is 36.7 Å². The van der Waals surface area contributed by atoms with E-state index in [2.05, 4.69) is 25.8 Å². The molecule has 2 aromatic rings. The van der Waals surface area contributed by atoms with E-state index in [4.69, 9.17) is 4.74 Å². The Balaban J connectivity index is 1.54. The Morgan fingerprint density at radius 1 is 1.32 bits per heavy atom. The van der Waals surface area contributed by atoms with E-state index >= 15 is 0 Å². The molecule has 1 spiro atoms. The van der Waals surface area contributed by atoms with E-state index in [0.29, 0.717) is 19.7 Å². The minimum Gasteiger partial charge on any atom is -0.368 e. The van der Waals surface area contributed by atoms with Crippen molar-refractivity contribution in [1.29, 1.82) is 0 Å². The minimum absolute atomic E-state index is 0.0342. The Kier molecular flexibility index (Phi) is 4.97. The largest absolute Gasteiger partial charge is 0.368 e. The number of rotatable bonds is 4. The molecule has 3 aliphatic rings. The Hall–Kier alpha value is -2.87. The molecule has 8 nitrogen and oxygen atoms in total. The molecule has 2 atom stereocenters. The lowest BCUT2D eigenvalue weighted by molar-refractivity contribution is -0.140. The first-order valence-electron chi connectivity index (χ1n) is 11.1. The molecule has 5 heterocycles. The van der Waals surface area contributed by atoms with Crippen molar-refractivity contribution in [2.75, 3.05) is 31.1 Å². The number of hydrogen-bond acceptors (Lipinski definition) is 5. The fourth-order valence-electron chi connectivity index (χ4n) is 5.23. The van der Waals surface area contributed by atoms with Crippen LogP contribution in [0.25, 0.3) is 5.82 Å². The molecule has 1 unspecified atom stereocenters. The van der Waals surface area contributed by atoms with E-state index in [1.165, 1.54) is 0 Å². The average molecular weight is 424 g/mol. The molecule has 1 N–H and O–H groups in total. The van der Waals surface area contributed by atoms with Crippen LogP contribution in [0, 0.1) is 0 Å². The van der Waals surface area contributed by atoms with E-state index in [1.807, 2.05) is 43.1 Å². The summed E-state index contributed by atoms with van der Waals surface area (Å²) in [5.74, 6) is 0.846. The third-order valence-corrected chi connectivity index (χ3v) is 6.54. The molecule has 0 aromatic carbocycles. The molecule has 8 heteroatoms. The summed E-state index contributed by atoms with van der Waals surface area (Å²) in [5.41, 5.74) is 1.50. The zero-order chi connectivity index (χ0) is 21.6. The molecule has 2 aromatic heterocycles. The molecule has 0 bridgehead atoms. The van der Waals surface area contributed by atoms with Crippen LogP contribution in [0.1, 0.15) is 38.8 Å². The van der Waals surface area contributed by atoms with Gasteiger partial charge in [0.2, 0.25) is 5.91 Å². The summed E-state index contributed by atoms with van der Waals surface area (Å²) in [6.45, 7) is 5.95. The van der Waals surface area contributed by atoms with Crippen LogP contribution >= 0.6 is 0 Å². The number of amides is 2. The highest BCUT2D eigenvalue weighted by Crippen LogP contribution is 2.47. The van der Waals surface area contributed by atoms with Crippen LogP contribution in [-0.2, 0) is 19.9 Å². The molecule has 0 saturated carbocycles. The lowest BCUT2D eigenvalue weighted by Gasteiger charge is -2.46. The highest BCUT2D eigenvalue weighted by molar-refractivity contribution is 5.85. The standard InChI is InChI=1S/C23H29N5O3/c1-16(2)25-20(29)14-28-17-6-3-10-24-21(17)27-11-4-8-19(27)23(28)9-12-26(15-23)22(30)18-7-5-13-31-18/h3-4,6,8,10-11,16,18H,5,7,9,12-15H2,1-2H3,(H,25,29)/t18-,23?/m1/s1. The van der Waals surface area contributed by atoms with Crippen molar-refractivity contribution in [3.05, 3.63) is 42.4 Å². The number of likely N-dealkylation sites (tertiary alicyclic amines) is 1. The molecule has 164 valence electrons. The van der Waals surface area contributed by atoms with Crippen molar-refractivity contribution in [2.45, 2.75) is 50.8 Å². The van der Waals surface area contributed by atoms with Gasteiger partial charge in [0.25, 0.3) is 5.91 Å². The van der Waals surface area contributed by atoms with E-state index in [1.54, 1.807) is 6.20 Å². The number of anilines is 1. The Morgan fingerprint density at radius 3 is 2.97 bits per heavy atom. The summed E-state index contributed by atoms with van der Waals surface area (Å²) in [5, 5.41) is 3.02. The third-order valence-electron chi connectivity index (χ3n) is 6.54. The van der Waals surface area contributed by atoms with Crippen LogP contribution in [0.4, 0.5) is 5.69 Å². The van der Waals surface area contributed by atoms with Gasteiger partial charge in [-0.2, -0.15) is 0 Å². The second-order valence-corrected chi connectivity index (χ2v) is 8.96. The van der Waals surface area contributed by atoms with Gasteiger partial charge in [0.15, 0.2) is 5.82 Å². The summed E-state index contributed by atoms with van der Waals surface area (Å²) in [7, 11) is 0. The number of hydrogen-bond donors (Lipinski definition) is 1. The van der Waals surface area contributed by atoms with Crippen molar-refractivity contribution >= 4 is 17.5 Å². The first-order valence-corrected chi connectivity index (χ1v) is 11.1. The van der Waals surface area contributed by atoms with Crippen LogP contribution in [0.3, 0.4) is 0 Å². The second kappa shape index (κ2) is 7.67. The third kappa shape index (κ3) is 3.29.